The highest BCUT2D eigenvalue weighted by molar-refractivity contribution is 6.74. The van der Waals surface area contributed by atoms with Gasteiger partial charge in [-0.15, -0.1) is 0 Å². The van der Waals surface area contributed by atoms with Crippen molar-refractivity contribution in [3.63, 3.8) is 0 Å². The largest absolute Gasteiger partial charge is 0.492 e. The lowest BCUT2D eigenvalue weighted by Crippen LogP contribution is -2.61. The molecule has 3 rings (SSSR count). The number of benzene rings is 3. The molecule has 3 aromatic rings. The van der Waals surface area contributed by atoms with Gasteiger partial charge < -0.3 is 24.2 Å². The molecule has 0 aliphatic carbocycles. The summed E-state index contributed by atoms with van der Waals surface area (Å²) in [5, 5.41) is 4.39. The Balaban J connectivity index is 1.99. The number of nitrogens with one attached hydrogen (secondary N) is 2. The van der Waals surface area contributed by atoms with Crippen LogP contribution < -0.4 is 10.6 Å². The molecule has 0 radical (unpaired) electrons. The summed E-state index contributed by atoms with van der Waals surface area (Å²) in [4.78, 5) is 68.0. The van der Waals surface area contributed by atoms with Crippen molar-refractivity contribution in [1.82, 2.24) is 10.6 Å². The topological polar surface area (TPSA) is 137 Å². The zero-order valence-corrected chi connectivity index (χ0v) is 35.9. The van der Waals surface area contributed by atoms with E-state index in [0.29, 0.717) is 13.0 Å². The quantitative estimate of drug-likeness (QED) is 0.123. The first-order valence-corrected chi connectivity index (χ1v) is 21.2. The summed E-state index contributed by atoms with van der Waals surface area (Å²) in [6.07, 6.45) is -0.497. The van der Waals surface area contributed by atoms with Crippen molar-refractivity contribution in [1.29, 1.82) is 0 Å². The fourth-order valence-corrected chi connectivity index (χ4v) is 11.5. The minimum absolute atomic E-state index is 0.132. The Hall–Kier alpha value is -4.61. The molecule has 0 aliphatic rings. The zero-order valence-electron chi connectivity index (χ0n) is 34.9. The van der Waals surface area contributed by atoms with Gasteiger partial charge in [-0.25, -0.2) is 4.79 Å². The standard InChI is InChI=1S/C45H62N2O8Si/c1-32(48)28-37(47-42(52)54-43(2,3)4)39(49)31-36(29-34-22-16-12-17-23-34)40(50)46-38(30-35-24-18-13-19-25-35)41(51)55-56(44(5,6)7,45(8,9)10)53-27-26-33-20-14-11-15-21-33/h11-25,36-38H,26-31H2,1-10H3,(H,46,50)(H,47,52)/t36-,37+,38+/m1/s1. The van der Waals surface area contributed by atoms with Gasteiger partial charge in [-0.1, -0.05) is 133 Å². The Morgan fingerprint density at radius 1 is 0.625 bits per heavy atom. The lowest BCUT2D eigenvalue weighted by molar-refractivity contribution is -0.143. The second-order valence-electron chi connectivity index (χ2n) is 17.5. The molecule has 0 bridgehead atoms. The molecule has 56 heavy (non-hydrogen) atoms. The third-order valence-electron chi connectivity index (χ3n) is 9.36. The van der Waals surface area contributed by atoms with E-state index in [0.717, 1.165) is 16.7 Å². The normalized spacial score (nSPS) is 13.8. The van der Waals surface area contributed by atoms with Crippen LogP contribution in [-0.4, -0.2) is 62.4 Å². The van der Waals surface area contributed by atoms with Crippen LogP contribution in [0.25, 0.3) is 0 Å². The Morgan fingerprint density at radius 2 is 1.11 bits per heavy atom. The molecular formula is C45H62N2O8Si. The van der Waals surface area contributed by atoms with Crippen molar-refractivity contribution in [3.05, 3.63) is 108 Å². The zero-order chi connectivity index (χ0) is 41.7. The van der Waals surface area contributed by atoms with Crippen LogP contribution in [0.15, 0.2) is 91.0 Å². The molecule has 0 fully saturated rings. The number of carbonyl (C=O) groups is 5. The Bertz CT molecular complexity index is 1730. The maximum absolute atomic E-state index is 14.6. The van der Waals surface area contributed by atoms with Gasteiger partial charge in [0.2, 0.25) is 5.91 Å². The second kappa shape index (κ2) is 20.0. The Labute approximate surface area is 334 Å². The monoisotopic (exact) mass is 786 g/mol. The molecule has 0 aromatic heterocycles. The summed E-state index contributed by atoms with van der Waals surface area (Å²) in [7, 11) is -3.46. The van der Waals surface area contributed by atoms with Crippen LogP contribution in [0.1, 0.15) is 98.8 Å². The summed E-state index contributed by atoms with van der Waals surface area (Å²) in [6.45, 7) is 18.9. The van der Waals surface area contributed by atoms with Gasteiger partial charge in [0.05, 0.1) is 6.04 Å². The molecule has 0 spiro atoms. The van der Waals surface area contributed by atoms with Gasteiger partial charge in [0.1, 0.15) is 17.4 Å². The third kappa shape index (κ3) is 14.2. The maximum atomic E-state index is 14.6. The minimum Gasteiger partial charge on any atom is -0.492 e. The number of rotatable bonds is 18. The van der Waals surface area contributed by atoms with Crippen molar-refractivity contribution < 1.29 is 37.6 Å². The first-order chi connectivity index (χ1) is 26.1. The first-order valence-electron chi connectivity index (χ1n) is 19.4. The lowest BCUT2D eigenvalue weighted by Gasteiger charge is -2.48. The van der Waals surface area contributed by atoms with E-state index in [1.807, 2.05) is 133 Å². The number of amides is 2. The minimum atomic E-state index is -3.46. The average Bonchev–Trinajstić information content (AvgIpc) is 3.09. The van der Waals surface area contributed by atoms with Crippen molar-refractivity contribution in [2.45, 2.75) is 129 Å². The van der Waals surface area contributed by atoms with Crippen LogP contribution in [0.3, 0.4) is 0 Å². The summed E-state index contributed by atoms with van der Waals surface area (Å²) in [6, 6.07) is 26.2. The molecule has 304 valence electrons. The summed E-state index contributed by atoms with van der Waals surface area (Å²) >= 11 is 0. The van der Waals surface area contributed by atoms with Gasteiger partial charge in [0.15, 0.2) is 5.78 Å². The van der Waals surface area contributed by atoms with Gasteiger partial charge in [-0.3, -0.25) is 19.2 Å². The van der Waals surface area contributed by atoms with Gasteiger partial charge in [0.25, 0.3) is 0 Å². The van der Waals surface area contributed by atoms with E-state index in [4.69, 9.17) is 13.6 Å². The second-order valence-corrected chi connectivity index (χ2v) is 22.3. The van der Waals surface area contributed by atoms with Crippen LogP contribution in [-0.2, 0) is 52.0 Å². The summed E-state index contributed by atoms with van der Waals surface area (Å²) in [5.41, 5.74) is 1.87. The van der Waals surface area contributed by atoms with Crippen LogP contribution >= 0.6 is 0 Å². The number of ether oxygens (including phenoxy) is 1. The van der Waals surface area contributed by atoms with E-state index in [1.165, 1.54) is 6.92 Å². The van der Waals surface area contributed by atoms with E-state index in [2.05, 4.69) is 10.6 Å². The predicted molar refractivity (Wildman–Crippen MR) is 221 cm³/mol. The summed E-state index contributed by atoms with van der Waals surface area (Å²) in [5.74, 6) is -2.94. The van der Waals surface area contributed by atoms with Crippen LogP contribution in [0, 0.1) is 5.92 Å². The Morgan fingerprint density at radius 3 is 1.57 bits per heavy atom. The van der Waals surface area contributed by atoms with Crippen molar-refractivity contribution >= 4 is 38.1 Å². The molecule has 11 heteroatoms. The predicted octanol–water partition coefficient (Wildman–Crippen LogP) is 8.25. The highest BCUT2D eigenvalue weighted by atomic mass is 28.4. The van der Waals surface area contributed by atoms with E-state index >= 15 is 0 Å². The molecule has 0 aliphatic heterocycles. The number of Topliss-reactive ketones (excluding diaryl/α,β-unsaturated/α-hetero) is 2. The number of alkyl carbamates (subject to hydrolysis) is 1. The molecule has 3 atom stereocenters. The summed E-state index contributed by atoms with van der Waals surface area (Å²) < 4.78 is 18.9. The Kier molecular flexibility index (Phi) is 16.3. The molecule has 10 nitrogen and oxygen atoms in total. The number of hydrogen-bond acceptors (Lipinski definition) is 8. The van der Waals surface area contributed by atoms with E-state index in [-0.39, 0.29) is 31.5 Å². The fraction of sp³-hybridized carbons (Fsp3) is 0.489. The van der Waals surface area contributed by atoms with Gasteiger partial charge in [-0.05, 0) is 57.2 Å². The van der Waals surface area contributed by atoms with Crippen molar-refractivity contribution in [3.8, 4) is 0 Å². The fourth-order valence-electron chi connectivity index (χ4n) is 6.92. The molecular weight excluding hydrogens is 725 g/mol. The highest BCUT2D eigenvalue weighted by Crippen LogP contribution is 2.52. The number of hydrogen-bond donors (Lipinski definition) is 2. The first kappa shape index (κ1) is 45.8. The van der Waals surface area contributed by atoms with Gasteiger partial charge in [0, 0.05) is 41.9 Å². The lowest BCUT2D eigenvalue weighted by atomic mass is 9.90. The number of carbonyl (C=O) groups excluding carboxylic acids is 5. The van der Waals surface area contributed by atoms with Crippen molar-refractivity contribution in [2.24, 2.45) is 5.92 Å². The molecule has 0 saturated heterocycles. The van der Waals surface area contributed by atoms with Crippen LogP contribution in [0.5, 0.6) is 0 Å². The third-order valence-corrected chi connectivity index (χ3v) is 14.4. The van der Waals surface area contributed by atoms with Gasteiger partial charge >= 0.3 is 20.6 Å². The highest BCUT2D eigenvalue weighted by Gasteiger charge is 2.61. The maximum Gasteiger partial charge on any atom is 0.412 e. The molecule has 2 amide bonds. The molecule has 0 unspecified atom stereocenters. The van der Waals surface area contributed by atoms with Crippen molar-refractivity contribution in [2.75, 3.05) is 6.61 Å². The SMILES string of the molecule is CC(=O)C[C@H](NC(=O)OC(C)(C)C)C(=O)C[C@@H](Cc1ccccc1)C(=O)N[C@@H](Cc1ccccc1)C(=O)O[Si](OCCc1ccccc1)(C(C)(C)C)C(C)(C)C. The van der Waals surface area contributed by atoms with E-state index in [1.54, 1.807) is 20.8 Å². The molecule has 2 N–H and O–H groups in total. The average molecular weight is 787 g/mol. The molecule has 3 aromatic carbocycles. The molecule has 0 heterocycles. The number of ketones is 2. The van der Waals surface area contributed by atoms with Crippen LogP contribution in [0.2, 0.25) is 10.1 Å². The van der Waals surface area contributed by atoms with Gasteiger partial charge in [-0.2, -0.15) is 0 Å². The van der Waals surface area contributed by atoms with E-state index < -0.39 is 66.0 Å². The smallest absolute Gasteiger partial charge is 0.412 e. The van der Waals surface area contributed by atoms with Crippen LogP contribution in [0.4, 0.5) is 4.79 Å². The van der Waals surface area contributed by atoms with E-state index in [9.17, 15) is 24.0 Å². The molecule has 0 saturated carbocycles.